The lowest BCUT2D eigenvalue weighted by atomic mass is 9.56. The van der Waals surface area contributed by atoms with Crippen molar-refractivity contribution in [1.29, 1.82) is 0 Å². The Morgan fingerprint density at radius 1 is 1.07 bits per heavy atom. The molecule has 7 rings (SSSR count). The minimum absolute atomic E-state index is 0.0402. The number of esters is 1. The number of carbonyl (C=O) groups is 3. The predicted octanol–water partition coefficient (Wildman–Crippen LogP) is 2.96. The normalized spacial score (nSPS) is 28.3. The quantitative estimate of drug-likeness (QED) is 0.180. The number of piperidine rings is 1. The molecule has 4 atom stereocenters. The molecular weight excluding hydrogens is 765 g/mol. The van der Waals surface area contributed by atoms with Crippen molar-refractivity contribution in [1.82, 2.24) is 25.1 Å². The zero-order valence-electron chi connectivity index (χ0n) is 35.3. The summed E-state index contributed by atoms with van der Waals surface area (Å²) in [5, 5.41) is 26.8. The molecule has 16 heteroatoms. The second-order valence-corrected chi connectivity index (χ2v) is 18.6. The van der Waals surface area contributed by atoms with E-state index in [0.29, 0.717) is 53.8 Å². The topological polar surface area (TPSA) is 234 Å². The molecule has 0 radical (unpaired) electrons. The lowest BCUT2D eigenvalue weighted by Gasteiger charge is -2.55. The van der Waals surface area contributed by atoms with Gasteiger partial charge in [-0.3, -0.25) is 19.6 Å². The van der Waals surface area contributed by atoms with E-state index < -0.39 is 29.6 Å². The Morgan fingerprint density at radius 2 is 1.75 bits per heavy atom. The molecule has 4 fully saturated rings. The van der Waals surface area contributed by atoms with Gasteiger partial charge < -0.3 is 46.9 Å². The number of aliphatic hydroxyl groups is 1. The van der Waals surface area contributed by atoms with E-state index >= 15 is 0 Å². The molecule has 16 nitrogen and oxygen atoms in total. The van der Waals surface area contributed by atoms with Crippen LogP contribution >= 0.6 is 0 Å². The first-order valence-electron chi connectivity index (χ1n) is 21.4. The van der Waals surface area contributed by atoms with Crippen LogP contribution in [0, 0.1) is 16.7 Å². The minimum Gasteiger partial charge on any atom is -0.507 e. The van der Waals surface area contributed by atoms with Crippen molar-refractivity contribution in [3.05, 3.63) is 53.9 Å². The van der Waals surface area contributed by atoms with Crippen molar-refractivity contribution in [2.45, 2.75) is 115 Å². The highest BCUT2D eigenvalue weighted by Gasteiger charge is 2.50. The summed E-state index contributed by atoms with van der Waals surface area (Å²) in [5.41, 5.74) is 14.5. The van der Waals surface area contributed by atoms with Crippen molar-refractivity contribution in [3.8, 4) is 5.75 Å². The monoisotopic (exact) mass is 826 g/mol. The molecule has 3 aliphatic heterocycles. The number of aromatic hydroxyl groups is 1. The SMILES string of the molecule is COC(=O)[C@@H]1C[C@@H](O)CN1C(=O)[C@@H](NC(=O)C1CCC2(CC1)CC(N1CCC(c3cnc(NC[C@@H]4CN=C(N)C(/C=C(\N)c5ccccc5O)=N4)nc3)CC1)C2)C(C)(C)C. The summed E-state index contributed by atoms with van der Waals surface area (Å²) in [6.07, 6.45) is 12.9. The lowest BCUT2D eigenvalue weighted by Crippen LogP contribution is -2.58. The van der Waals surface area contributed by atoms with Crippen LogP contribution in [0.15, 0.2) is 52.7 Å². The number of phenolic OH excluding ortho intramolecular Hbond substituents is 1. The van der Waals surface area contributed by atoms with Crippen molar-refractivity contribution >= 4 is 41.0 Å². The standard InChI is InChI=1S/C44H62N10O6/c1-43(2,3)37(40(58)54-25-31(55)17-35(54)41(59)60-4)52-39(57)27-9-13-44(14-10-27)19-30(20-44)53-15-11-26(12-16-53)28-21-48-42(49-22-28)50-24-29-23-47-38(46)34(51-29)18-33(45)32-7-5-6-8-36(32)56/h5-8,18,21-22,26-27,29-31,35,37,55-56H,9-17,19-20,23-25,45H2,1-4H3,(H2,46,47)(H,52,57)(H,48,49,50)/b33-18-/t27?,29-,30?,31+,35-,37+,44?/m0/s1. The number of ether oxygens (including phenoxy) is 1. The first kappa shape index (κ1) is 43.0. The molecule has 8 N–H and O–H groups in total. The average molecular weight is 827 g/mol. The Kier molecular flexibility index (Phi) is 12.8. The Labute approximate surface area is 352 Å². The van der Waals surface area contributed by atoms with Crippen LogP contribution in [0.25, 0.3) is 5.70 Å². The van der Waals surface area contributed by atoms with Gasteiger partial charge in [-0.2, -0.15) is 0 Å². The van der Waals surface area contributed by atoms with Crippen LogP contribution in [0.1, 0.15) is 95.6 Å². The summed E-state index contributed by atoms with van der Waals surface area (Å²) in [7, 11) is 1.27. The minimum atomic E-state index is -0.857. The number of β-amino-alcohol motifs (C(OH)–C–C–N with tert-alkyl or cyclic N) is 1. The van der Waals surface area contributed by atoms with E-state index in [1.165, 1.54) is 12.0 Å². The molecule has 2 amide bonds. The molecule has 2 saturated heterocycles. The third kappa shape index (κ3) is 9.59. The van der Waals surface area contributed by atoms with Gasteiger partial charge in [-0.1, -0.05) is 32.9 Å². The molecule has 1 aromatic carbocycles. The molecule has 5 aliphatic rings. The molecule has 1 spiro atoms. The molecule has 0 bridgehead atoms. The number of benzene rings is 1. The highest BCUT2D eigenvalue weighted by molar-refractivity contribution is 6.46. The molecule has 4 heterocycles. The Balaban J connectivity index is 0.836. The maximum atomic E-state index is 13.8. The number of anilines is 1. The summed E-state index contributed by atoms with van der Waals surface area (Å²) in [4.78, 5) is 62.2. The number of aromatic nitrogens is 2. The number of amidine groups is 1. The number of hydrogen-bond acceptors (Lipinski definition) is 14. The van der Waals surface area contributed by atoms with Crippen LogP contribution in [0.3, 0.4) is 0 Å². The van der Waals surface area contributed by atoms with E-state index in [9.17, 15) is 24.6 Å². The van der Waals surface area contributed by atoms with Crippen molar-refractivity contribution in [2.75, 3.05) is 45.2 Å². The molecule has 324 valence electrons. The molecule has 2 aliphatic carbocycles. The number of methoxy groups -OCH3 is 1. The molecule has 2 aromatic rings. The van der Waals surface area contributed by atoms with Gasteiger partial charge in [-0.15, -0.1) is 0 Å². The summed E-state index contributed by atoms with van der Waals surface area (Å²) in [5.74, 6) is 0.157. The van der Waals surface area contributed by atoms with E-state index in [-0.39, 0.29) is 47.9 Å². The third-order valence-electron chi connectivity index (χ3n) is 13.4. The van der Waals surface area contributed by atoms with Crippen LogP contribution in [0.4, 0.5) is 5.95 Å². The van der Waals surface area contributed by atoms with Gasteiger partial charge in [0.2, 0.25) is 17.8 Å². The fraction of sp³-hybridized carbons (Fsp3) is 0.614. The van der Waals surface area contributed by atoms with Gasteiger partial charge in [0.05, 0.1) is 25.8 Å². The van der Waals surface area contributed by atoms with E-state index in [0.717, 1.165) is 70.0 Å². The first-order valence-corrected chi connectivity index (χ1v) is 21.4. The predicted molar refractivity (Wildman–Crippen MR) is 229 cm³/mol. The molecule has 1 aromatic heterocycles. The number of para-hydroxylation sites is 1. The maximum absolute atomic E-state index is 13.8. The van der Waals surface area contributed by atoms with E-state index in [2.05, 4.69) is 30.5 Å². The van der Waals surface area contributed by atoms with Crippen molar-refractivity contribution in [2.24, 2.45) is 38.2 Å². The van der Waals surface area contributed by atoms with E-state index in [4.69, 9.17) is 21.2 Å². The van der Waals surface area contributed by atoms with E-state index in [1.807, 2.05) is 33.2 Å². The highest BCUT2D eigenvalue weighted by atomic mass is 16.5. The summed E-state index contributed by atoms with van der Waals surface area (Å²) >= 11 is 0. The fourth-order valence-electron chi connectivity index (χ4n) is 9.79. The van der Waals surface area contributed by atoms with E-state index in [1.54, 1.807) is 30.3 Å². The van der Waals surface area contributed by atoms with Gasteiger partial charge in [0.25, 0.3) is 0 Å². The second kappa shape index (κ2) is 17.9. The number of nitrogens with zero attached hydrogens (tertiary/aromatic N) is 6. The number of amides is 2. The van der Waals surface area contributed by atoms with Gasteiger partial charge in [0, 0.05) is 55.1 Å². The number of hydrogen-bond donors (Lipinski definition) is 6. The maximum Gasteiger partial charge on any atom is 0.328 e. The number of likely N-dealkylation sites (tertiary alicyclic amines) is 2. The Morgan fingerprint density at radius 3 is 2.40 bits per heavy atom. The number of nitrogens with one attached hydrogen (secondary N) is 2. The van der Waals surface area contributed by atoms with Crippen LogP contribution in [0.5, 0.6) is 5.75 Å². The van der Waals surface area contributed by atoms with Crippen LogP contribution in [-0.4, -0.2) is 129 Å². The van der Waals surface area contributed by atoms with Crippen LogP contribution in [0.2, 0.25) is 0 Å². The lowest BCUT2D eigenvalue weighted by molar-refractivity contribution is -0.153. The number of carbonyl (C=O) groups excluding carboxylic acids is 3. The van der Waals surface area contributed by atoms with Crippen LogP contribution < -0.4 is 22.1 Å². The zero-order valence-corrected chi connectivity index (χ0v) is 35.3. The summed E-state index contributed by atoms with van der Waals surface area (Å²) in [6.45, 7) is 8.74. The summed E-state index contributed by atoms with van der Waals surface area (Å²) < 4.78 is 4.90. The Bertz CT molecular complexity index is 1970. The third-order valence-corrected chi connectivity index (χ3v) is 13.4. The van der Waals surface area contributed by atoms with Crippen molar-refractivity contribution < 1.29 is 29.3 Å². The van der Waals surface area contributed by atoms with Gasteiger partial charge >= 0.3 is 5.97 Å². The number of aliphatic imine (C=N–C) groups is 2. The highest BCUT2D eigenvalue weighted by Crippen LogP contribution is 2.55. The zero-order chi connectivity index (χ0) is 42.8. The number of nitrogens with two attached hydrogens (primary N) is 2. The number of rotatable bonds is 11. The first-order chi connectivity index (χ1) is 28.6. The smallest absolute Gasteiger partial charge is 0.328 e. The molecule has 0 unspecified atom stereocenters. The van der Waals surface area contributed by atoms with Gasteiger partial charge in [-0.25, -0.2) is 14.8 Å². The largest absolute Gasteiger partial charge is 0.507 e. The second-order valence-electron chi connectivity index (χ2n) is 18.6. The van der Waals surface area contributed by atoms with Gasteiger partial charge in [0.15, 0.2) is 0 Å². The number of phenols is 1. The van der Waals surface area contributed by atoms with Gasteiger partial charge in [0.1, 0.15) is 29.4 Å². The molecule has 2 saturated carbocycles. The van der Waals surface area contributed by atoms with Crippen LogP contribution in [-0.2, 0) is 19.1 Å². The molecular formula is C44H62N10O6. The van der Waals surface area contributed by atoms with Crippen molar-refractivity contribution in [3.63, 3.8) is 0 Å². The van der Waals surface area contributed by atoms with Gasteiger partial charge in [-0.05, 0) is 105 Å². The fourth-order valence-corrected chi connectivity index (χ4v) is 9.79. The molecule has 60 heavy (non-hydrogen) atoms. The number of aliphatic hydroxyl groups excluding tert-OH is 1. The summed E-state index contributed by atoms with van der Waals surface area (Å²) in [6, 6.07) is 5.55. The Hall–Kier alpha value is -5.09. The average Bonchev–Trinajstić information content (AvgIpc) is 3.63.